The molecular weight excluding hydrogens is 274 g/mol. The molecule has 21 heavy (non-hydrogen) atoms. The van der Waals surface area contributed by atoms with Gasteiger partial charge in [0.1, 0.15) is 6.61 Å². The zero-order valence-corrected chi connectivity index (χ0v) is 13.5. The number of esters is 1. The van der Waals surface area contributed by atoms with E-state index in [1.165, 1.54) is 0 Å². The summed E-state index contributed by atoms with van der Waals surface area (Å²) in [5.74, 6) is -1.81. The van der Waals surface area contributed by atoms with E-state index < -0.39 is 18.0 Å². The van der Waals surface area contributed by atoms with Crippen molar-refractivity contribution in [1.29, 1.82) is 0 Å². The Morgan fingerprint density at radius 1 is 1.05 bits per heavy atom. The number of hydrogen-bond donors (Lipinski definition) is 2. The highest BCUT2D eigenvalue weighted by atomic mass is 16.5. The first-order valence-electron chi connectivity index (χ1n) is 7.32. The molecule has 0 aliphatic carbocycles. The van der Waals surface area contributed by atoms with Crippen molar-refractivity contribution in [1.82, 2.24) is 5.32 Å². The summed E-state index contributed by atoms with van der Waals surface area (Å²) in [6.07, 6.45) is 0.914. The van der Waals surface area contributed by atoms with Gasteiger partial charge in [0.25, 0.3) is 0 Å². The third kappa shape index (κ3) is 9.05. The highest BCUT2D eigenvalue weighted by Gasteiger charge is 2.24. The molecule has 0 aromatic carbocycles. The lowest BCUT2D eigenvalue weighted by atomic mass is 9.99. The van der Waals surface area contributed by atoms with E-state index in [-0.39, 0.29) is 30.8 Å². The van der Waals surface area contributed by atoms with Crippen LogP contribution in [0.5, 0.6) is 0 Å². The first-order valence-corrected chi connectivity index (χ1v) is 7.32. The number of amides is 1. The summed E-state index contributed by atoms with van der Waals surface area (Å²) in [5.41, 5.74) is 0. The van der Waals surface area contributed by atoms with Gasteiger partial charge >= 0.3 is 11.9 Å². The predicted molar refractivity (Wildman–Crippen MR) is 78.6 cm³/mol. The zero-order chi connectivity index (χ0) is 16.6. The maximum absolute atomic E-state index is 11.7. The second kappa shape index (κ2) is 9.37. The van der Waals surface area contributed by atoms with Crippen LogP contribution in [0.1, 0.15) is 47.5 Å². The summed E-state index contributed by atoms with van der Waals surface area (Å²) in [5, 5.41) is 11.4. The lowest BCUT2D eigenvalue weighted by molar-refractivity contribution is -0.153. The van der Waals surface area contributed by atoms with Crippen LogP contribution in [0.3, 0.4) is 0 Å². The summed E-state index contributed by atoms with van der Waals surface area (Å²) in [6, 6.07) is -1.20. The second-order valence-electron chi connectivity index (χ2n) is 6.22. The molecule has 0 aliphatic heterocycles. The first-order chi connectivity index (χ1) is 9.63. The van der Waals surface area contributed by atoms with E-state index >= 15 is 0 Å². The van der Waals surface area contributed by atoms with E-state index in [0.29, 0.717) is 12.3 Å². The van der Waals surface area contributed by atoms with E-state index in [1.807, 2.05) is 27.7 Å². The summed E-state index contributed by atoms with van der Waals surface area (Å²) >= 11 is 0. The normalized spacial score (nSPS) is 13.9. The van der Waals surface area contributed by atoms with Crippen LogP contribution in [0.15, 0.2) is 0 Å². The van der Waals surface area contributed by atoms with Crippen molar-refractivity contribution in [2.45, 2.75) is 53.5 Å². The van der Waals surface area contributed by atoms with Gasteiger partial charge in [-0.3, -0.25) is 9.59 Å². The van der Waals surface area contributed by atoms with Crippen LogP contribution in [0, 0.1) is 17.8 Å². The van der Waals surface area contributed by atoms with Crippen LogP contribution in [0.2, 0.25) is 0 Å². The van der Waals surface area contributed by atoms with Crippen molar-refractivity contribution in [2.24, 2.45) is 17.8 Å². The zero-order valence-electron chi connectivity index (χ0n) is 13.5. The molecule has 0 saturated heterocycles. The van der Waals surface area contributed by atoms with Crippen LogP contribution in [0.25, 0.3) is 0 Å². The van der Waals surface area contributed by atoms with E-state index in [0.717, 1.165) is 0 Å². The minimum atomic E-state index is -1.21. The molecule has 6 heteroatoms. The van der Waals surface area contributed by atoms with Gasteiger partial charge in [-0.15, -0.1) is 0 Å². The van der Waals surface area contributed by atoms with Crippen LogP contribution in [-0.2, 0) is 19.1 Å². The summed E-state index contributed by atoms with van der Waals surface area (Å²) in [4.78, 5) is 34.4. The molecule has 6 nitrogen and oxygen atoms in total. The Bertz CT molecular complexity index is 365. The Labute approximate surface area is 126 Å². The molecule has 122 valence electrons. The largest absolute Gasteiger partial charge is 0.480 e. The number of carbonyl (C=O) groups is 3. The molecule has 1 amide bonds. The number of hydrogen-bond acceptors (Lipinski definition) is 4. The molecule has 0 bridgehead atoms. The molecule has 0 radical (unpaired) electrons. The fraction of sp³-hybridized carbons (Fsp3) is 0.800. The van der Waals surface area contributed by atoms with E-state index in [4.69, 9.17) is 9.84 Å². The molecule has 0 aromatic rings. The maximum Gasteiger partial charge on any atom is 0.329 e. The highest BCUT2D eigenvalue weighted by Crippen LogP contribution is 2.12. The number of carbonyl (C=O) groups excluding carboxylic acids is 2. The fourth-order valence-corrected chi connectivity index (χ4v) is 1.91. The minimum absolute atomic E-state index is 0.132. The second-order valence-corrected chi connectivity index (χ2v) is 6.22. The highest BCUT2D eigenvalue weighted by molar-refractivity contribution is 5.84. The lowest BCUT2D eigenvalue weighted by Gasteiger charge is -2.18. The number of carboxylic acid groups (broad SMARTS) is 1. The van der Waals surface area contributed by atoms with Gasteiger partial charge in [-0.05, 0) is 18.3 Å². The van der Waals surface area contributed by atoms with Gasteiger partial charge in [-0.1, -0.05) is 34.6 Å². The topological polar surface area (TPSA) is 92.7 Å². The quantitative estimate of drug-likeness (QED) is 0.634. The number of carboxylic acids is 1. The summed E-state index contributed by atoms with van der Waals surface area (Å²) in [6.45, 7) is 9.12. The van der Waals surface area contributed by atoms with Crippen LogP contribution < -0.4 is 5.32 Å². The van der Waals surface area contributed by atoms with Gasteiger partial charge in [-0.2, -0.15) is 0 Å². The first kappa shape index (κ1) is 19.4. The number of ether oxygens (including phenoxy) is 1. The van der Waals surface area contributed by atoms with Gasteiger partial charge in [0.15, 0.2) is 6.04 Å². The Hall–Kier alpha value is -1.59. The third-order valence-corrected chi connectivity index (χ3v) is 2.85. The Kier molecular flexibility index (Phi) is 8.66. The molecule has 0 aromatic heterocycles. The molecule has 2 unspecified atom stereocenters. The van der Waals surface area contributed by atoms with Gasteiger partial charge in [0, 0.05) is 6.42 Å². The van der Waals surface area contributed by atoms with E-state index in [1.54, 1.807) is 6.92 Å². The van der Waals surface area contributed by atoms with Crippen molar-refractivity contribution in [3.8, 4) is 0 Å². The molecular formula is C15H27NO5. The van der Waals surface area contributed by atoms with Crippen LogP contribution >= 0.6 is 0 Å². The molecule has 2 N–H and O–H groups in total. The fourth-order valence-electron chi connectivity index (χ4n) is 1.91. The average Bonchev–Trinajstić information content (AvgIpc) is 2.31. The van der Waals surface area contributed by atoms with Crippen molar-refractivity contribution < 1.29 is 24.2 Å². The standard InChI is InChI=1S/C15H27NO5/c1-9(2)6-11(5)15(20)21-8-12(14(18)19)16-13(17)7-10(3)4/h9-12H,6-8H2,1-5H3,(H,16,17)(H,18,19). The Morgan fingerprint density at radius 3 is 2.05 bits per heavy atom. The van der Waals surface area contributed by atoms with E-state index in [9.17, 15) is 14.4 Å². The van der Waals surface area contributed by atoms with Crippen LogP contribution in [0.4, 0.5) is 0 Å². The van der Waals surface area contributed by atoms with Gasteiger partial charge < -0.3 is 15.2 Å². The maximum atomic E-state index is 11.7. The minimum Gasteiger partial charge on any atom is -0.480 e. The van der Waals surface area contributed by atoms with Crippen LogP contribution in [-0.4, -0.2) is 35.6 Å². The van der Waals surface area contributed by atoms with Crippen molar-refractivity contribution in [3.05, 3.63) is 0 Å². The Balaban J connectivity index is 4.36. The van der Waals surface area contributed by atoms with Crippen molar-refractivity contribution >= 4 is 17.8 Å². The summed E-state index contributed by atoms with van der Waals surface area (Å²) in [7, 11) is 0. The molecule has 0 saturated carbocycles. The summed E-state index contributed by atoms with van der Waals surface area (Å²) < 4.78 is 5.00. The average molecular weight is 301 g/mol. The number of nitrogens with one attached hydrogen (secondary N) is 1. The smallest absolute Gasteiger partial charge is 0.329 e. The number of rotatable bonds is 9. The van der Waals surface area contributed by atoms with Crippen molar-refractivity contribution in [3.63, 3.8) is 0 Å². The molecule has 0 aliphatic rings. The monoisotopic (exact) mass is 301 g/mol. The van der Waals surface area contributed by atoms with E-state index in [2.05, 4.69) is 5.32 Å². The predicted octanol–water partition coefficient (Wildman–Crippen LogP) is 1.83. The van der Waals surface area contributed by atoms with Gasteiger partial charge in [0.2, 0.25) is 5.91 Å². The molecule has 0 spiro atoms. The Morgan fingerprint density at radius 2 is 1.62 bits per heavy atom. The third-order valence-electron chi connectivity index (χ3n) is 2.85. The molecule has 0 heterocycles. The number of aliphatic carboxylic acids is 1. The SMILES string of the molecule is CC(C)CC(=O)NC(COC(=O)C(C)CC(C)C)C(=O)O. The van der Waals surface area contributed by atoms with Crippen molar-refractivity contribution in [2.75, 3.05) is 6.61 Å². The molecule has 0 rings (SSSR count). The lowest BCUT2D eigenvalue weighted by Crippen LogP contribution is -2.45. The van der Waals surface area contributed by atoms with Gasteiger partial charge in [-0.25, -0.2) is 4.79 Å². The molecule has 0 fully saturated rings. The molecule has 2 atom stereocenters. The van der Waals surface area contributed by atoms with Gasteiger partial charge in [0.05, 0.1) is 5.92 Å².